The van der Waals surface area contributed by atoms with Crippen LogP contribution < -0.4 is 10.2 Å². The van der Waals surface area contributed by atoms with E-state index in [2.05, 4.69) is 50.9 Å². The van der Waals surface area contributed by atoms with Gasteiger partial charge in [0.1, 0.15) is 6.54 Å². The van der Waals surface area contributed by atoms with Gasteiger partial charge >= 0.3 is 0 Å². The van der Waals surface area contributed by atoms with Crippen molar-refractivity contribution >= 4 is 28.9 Å². The van der Waals surface area contributed by atoms with Gasteiger partial charge < -0.3 is 15.1 Å². The Morgan fingerprint density at radius 3 is 2.88 bits per heavy atom. The number of nitrogens with one attached hydrogen (secondary N) is 1. The molecule has 1 aromatic carbocycles. The van der Waals surface area contributed by atoms with Gasteiger partial charge in [0.05, 0.1) is 0 Å². The van der Waals surface area contributed by atoms with Crippen LogP contribution in [-0.4, -0.2) is 50.5 Å². The summed E-state index contributed by atoms with van der Waals surface area (Å²) in [5.41, 5.74) is 2.51. The van der Waals surface area contributed by atoms with E-state index in [9.17, 15) is 4.79 Å². The van der Waals surface area contributed by atoms with Crippen molar-refractivity contribution in [1.29, 1.82) is 0 Å². The lowest BCUT2D eigenvalue weighted by atomic mass is 10.2. The largest absolute Gasteiger partial charge is 0.356 e. The Kier molecular flexibility index (Phi) is 5.71. The van der Waals surface area contributed by atoms with Gasteiger partial charge in [0.2, 0.25) is 5.91 Å². The second-order valence-corrected chi connectivity index (χ2v) is 7.25. The van der Waals surface area contributed by atoms with Crippen LogP contribution >= 0.6 is 11.3 Å². The number of carbonyl (C=O) groups is 1. The number of carbonyl (C=O) groups excluding carboxylic acids is 1. The fourth-order valence-corrected chi connectivity index (χ4v) is 3.54. The number of aliphatic imine (C=N–C) groups is 1. The van der Waals surface area contributed by atoms with Crippen molar-refractivity contribution in [3.05, 3.63) is 52.2 Å². The summed E-state index contributed by atoms with van der Waals surface area (Å²) in [6.45, 7) is 1.85. The number of guanidine groups is 1. The molecule has 1 aliphatic rings. The summed E-state index contributed by atoms with van der Waals surface area (Å²) in [7, 11) is 3.51. The van der Waals surface area contributed by atoms with Gasteiger partial charge in [-0.15, -0.1) is 11.3 Å². The van der Waals surface area contributed by atoms with E-state index in [4.69, 9.17) is 0 Å². The predicted molar refractivity (Wildman–Crippen MR) is 105 cm³/mol. The second kappa shape index (κ2) is 8.16. The normalized spacial score (nSPS) is 13.7. The summed E-state index contributed by atoms with van der Waals surface area (Å²) in [4.78, 5) is 21.6. The summed E-state index contributed by atoms with van der Waals surface area (Å²) in [5.74, 6) is 0.793. The van der Waals surface area contributed by atoms with Crippen LogP contribution in [0.25, 0.3) is 0 Å². The molecular weight excluding hydrogens is 332 g/mol. The van der Waals surface area contributed by atoms with E-state index in [0.717, 1.165) is 31.9 Å². The molecule has 1 aliphatic heterocycles. The first-order chi connectivity index (χ1) is 12.1. The molecule has 2 aromatic rings. The maximum absolute atomic E-state index is 11.9. The minimum Gasteiger partial charge on any atom is -0.356 e. The number of hydrogen-bond acceptors (Lipinski definition) is 3. The first-order valence-corrected chi connectivity index (χ1v) is 9.39. The van der Waals surface area contributed by atoms with E-state index in [1.54, 1.807) is 30.3 Å². The monoisotopic (exact) mass is 356 g/mol. The highest BCUT2D eigenvalue weighted by molar-refractivity contribution is 7.09. The van der Waals surface area contributed by atoms with E-state index in [1.165, 1.54) is 16.1 Å². The Morgan fingerprint density at radius 1 is 1.28 bits per heavy atom. The molecule has 0 saturated carbocycles. The highest BCUT2D eigenvalue weighted by atomic mass is 32.1. The first kappa shape index (κ1) is 17.5. The van der Waals surface area contributed by atoms with Gasteiger partial charge in [0.25, 0.3) is 0 Å². The number of amides is 1. The fourth-order valence-electron chi connectivity index (χ4n) is 2.83. The maximum Gasteiger partial charge on any atom is 0.243 e. The molecule has 0 saturated heterocycles. The van der Waals surface area contributed by atoms with Gasteiger partial charge in [0, 0.05) is 37.7 Å². The number of thiophene rings is 1. The minimum atomic E-state index is 0.00467. The van der Waals surface area contributed by atoms with Crippen LogP contribution in [0.3, 0.4) is 0 Å². The van der Waals surface area contributed by atoms with Crippen LogP contribution in [0.4, 0.5) is 5.69 Å². The molecule has 3 rings (SSSR count). The highest BCUT2D eigenvalue weighted by Gasteiger charge is 2.22. The molecular formula is C19H24N4OS. The molecule has 1 amide bonds. The van der Waals surface area contributed by atoms with Gasteiger partial charge in [-0.3, -0.25) is 4.79 Å². The summed E-state index contributed by atoms with van der Waals surface area (Å²) in [6.07, 6.45) is 1.96. The number of hydrogen-bond donors (Lipinski definition) is 1. The molecule has 0 radical (unpaired) electrons. The molecule has 0 atom stereocenters. The average molecular weight is 356 g/mol. The lowest BCUT2D eigenvalue weighted by molar-refractivity contribution is -0.127. The van der Waals surface area contributed by atoms with Crippen molar-refractivity contribution in [2.75, 3.05) is 38.6 Å². The molecule has 2 heterocycles. The lowest BCUT2D eigenvalue weighted by Crippen LogP contribution is -2.42. The fraction of sp³-hybridized carbons (Fsp3) is 0.368. The Hall–Kier alpha value is -2.34. The van der Waals surface area contributed by atoms with Crippen molar-refractivity contribution in [1.82, 2.24) is 10.2 Å². The number of para-hydroxylation sites is 1. The average Bonchev–Trinajstić information content (AvgIpc) is 3.27. The highest BCUT2D eigenvalue weighted by Crippen LogP contribution is 2.27. The van der Waals surface area contributed by atoms with E-state index in [-0.39, 0.29) is 12.5 Å². The Labute approximate surface area is 153 Å². The molecule has 25 heavy (non-hydrogen) atoms. The van der Waals surface area contributed by atoms with Crippen molar-refractivity contribution in [2.24, 2.45) is 4.99 Å². The molecule has 132 valence electrons. The van der Waals surface area contributed by atoms with Gasteiger partial charge in [-0.05, 0) is 35.9 Å². The van der Waals surface area contributed by atoms with Crippen LogP contribution in [0.1, 0.15) is 10.4 Å². The summed E-state index contributed by atoms with van der Waals surface area (Å²) >= 11 is 1.76. The number of nitrogens with zero attached hydrogens (tertiary/aromatic N) is 3. The predicted octanol–water partition coefficient (Wildman–Crippen LogP) is 2.39. The third-order valence-electron chi connectivity index (χ3n) is 4.24. The van der Waals surface area contributed by atoms with Crippen LogP contribution in [0.5, 0.6) is 0 Å². The Morgan fingerprint density at radius 2 is 2.12 bits per heavy atom. The van der Waals surface area contributed by atoms with E-state index in [1.807, 2.05) is 6.07 Å². The van der Waals surface area contributed by atoms with Gasteiger partial charge in [-0.2, -0.15) is 0 Å². The van der Waals surface area contributed by atoms with Crippen LogP contribution in [0.15, 0.2) is 46.8 Å². The van der Waals surface area contributed by atoms with E-state index >= 15 is 0 Å². The zero-order valence-electron chi connectivity index (χ0n) is 14.7. The Bertz CT molecular complexity index is 740. The van der Waals surface area contributed by atoms with Crippen molar-refractivity contribution < 1.29 is 4.79 Å². The number of benzene rings is 1. The molecule has 0 aliphatic carbocycles. The molecule has 1 aromatic heterocycles. The number of fused-ring (bicyclic) bond motifs is 1. The maximum atomic E-state index is 11.9. The topological polar surface area (TPSA) is 47.9 Å². The van der Waals surface area contributed by atoms with Gasteiger partial charge in [-0.1, -0.05) is 24.3 Å². The smallest absolute Gasteiger partial charge is 0.243 e. The number of rotatable bonds is 5. The van der Waals surface area contributed by atoms with Gasteiger partial charge in [0.15, 0.2) is 5.96 Å². The second-order valence-electron chi connectivity index (χ2n) is 6.21. The molecule has 0 fully saturated rings. The first-order valence-electron chi connectivity index (χ1n) is 8.51. The molecule has 1 N–H and O–H groups in total. The molecule has 6 heteroatoms. The van der Waals surface area contributed by atoms with Crippen LogP contribution in [0.2, 0.25) is 0 Å². The zero-order valence-corrected chi connectivity index (χ0v) is 15.6. The van der Waals surface area contributed by atoms with Gasteiger partial charge in [-0.25, -0.2) is 4.99 Å². The van der Waals surface area contributed by atoms with Crippen LogP contribution in [0, 0.1) is 0 Å². The number of likely N-dealkylation sites (N-methyl/N-ethyl adjacent to an activating group) is 1. The third-order valence-corrected chi connectivity index (χ3v) is 5.18. The molecule has 0 bridgehead atoms. The van der Waals surface area contributed by atoms with E-state index in [0.29, 0.717) is 0 Å². The van der Waals surface area contributed by atoms with Crippen molar-refractivity contribution in [2.45, 2.75) is 12.8 Å². The lowest BCUT2D eigenvalue weighted by Gasteiger charge is -2.23. The SMILES string of the molecule is CN(C)C(=O)CN=C(NCCc1cccs1)N1CCc2ccccc21. The Balaban J connectivity index is 1.72. The molecule has 0 unspecified atom stereocenters. The third kappa shape index (κ3) is 4.39. The van der Waals surface area contributed by atoms with Crippen molar-refractivity contribution in [3.63, 3.8) is 0 Å². The summed E-state index contributed by atoms with van der Waals surface area (Å²) in [5, 5.41) is 5.54. The molecule has 5 nitrogen and oxygen atoms in total. The van der Waals surface area contributed by atoms with Crippen molar-refractivity contribution in [3.8, 4) is 0 Å². The number of anilines is 1. The zero-order chi connectivity index (χ0) is 17.6. The van der Waals surface area contributed by atoms with E-state index < -0.39 is 0 Å². The standard InChI is InChI=1S/C19H24N4OS/c1-22(2)18(24)14-21-19(20-11-9-16-7-5-13-25-16)23-12-10-15-6-3-4-8-17(15)23/h3-8,13H,9-12,14H2,1-2H3,(H,20,21). The molecule has 0 spiro atoms. The minimum absolute atomic E-state index is 0.00467. The summed E-state index contributed by atoms with van der Waals surface area (Å²) in [6, 6.07) is 12.6. The summed E-state index contributed by atoms with van der Waals surface area (Å²) < 4.78 is 0. The quantitative estimate of drug-likeness (QED) is 0.661. The van der Waals surface area contributed by atoms with Crippen LogP contribution in [-0.2, 0) is 17.6 Å².